The van der Waals surface area contributed by atoms with Crippen LogP contribution in [0.5, 0.6) is 0 Å². The molecule has 0 saturated heterocycles. The van der Waals surface area contributed by atoms with E-state index in [1.165, 1.54) is 0 Å². The topological polar surface area (TPSA) is 32.3 Å². The largest absolute Gasteiger partial charge is 0.325 e. The third-order valence-corrected chi connectivity index (χ3v) is 3.63. The van der Waals surface area contributed by atoms with Gasteiger partial charge in [-0.1, -0.05) is 54.7 Å². The first kappa shape index (κ1) is 14.5. The van der Waals surface area contributed by atoms with E-state index in [1.807, 2.05) is 56.3 Å². The minimum absolute atomic E-state index is 0.145. The number of carbonyl (C=O) groups is 1. The van der Waals surface area contributed by atoms with E-state index >= 15 is 0 Å². The molecular formula is C16H18N2OS. The summed E-state index contributed by atoms with van der Waals surface area (Å²) in [4.78, 5) is 14.2. The number of rotatable bonds is 3. The first-order valence-corrected chi connectivity index (χ1v) is 7.16. The van der Waals surface area contributed by atoms with Crippen molar-refractivity contribution in [2.75, 3.05) is 13.1 Å². The van der Waals surface area contributed by atoms with E-state index in [2.05, 4.69) is 5.32 Å². The van der Waals surface area contributed by atoms with Crippen molar-refractivity contribution < 1.29 is 4.79 Å². The van der Waals surface area contributed by atoms with Crippen molar-refractivity contribution in [2.45, 2.75) is 13.8 Å². The fourth-order valence-corrected chi connectivity index (χ4v) is 2.44. The zero-order chi connectivity index (χ0) is 14.5. The number of hydrogen-bond acceptors (Lipinski definition) is 2. The van der Waals surface area contributed by atoms with Crippen molar-refractivity contribution in [1.82, 2.24) is 10.2 Å². The molecule has 0 aliphatic carbocycles. The highest BCUT2D eigenvalue weighted by Gasteiger charge is 2.13. The van der Waals surface area contributed by atoms with Crippen molar-refractivity contribution in [3.63, 3.8) is 0 Å². The van der Waals surface area contributed by atoms with E-state index in [9.17, 15) is 4.79 Å². The first-order chi connectivity index (χ1) is 9.67. The van der Waals surface area contributed by atoms with Gasteiger partial charge in [0.2, 0.25) is 0 Å². The standard InChI is InChI=1S/C16H18N2OS/c1-3-18(4-2)16(19)17-15(20)14-11-7-9-12-8-5-6-10-13(12)14/h5-11H,3-4H2,1-2H3,(H,17,19,20). The van der Waals surface area contributed by atoms with Gasteiger partial charge in [-0.05, 0) is 24.6 Å². The molecule has 0 bridgehead atoms. The van der Waals surface area contributed by atoms with E-state index in [-0.39, 0.29) is 6.03 Å². The molecule has 104 valence electrons. The Labute approximate surface area is 124 Å². The van der Waals surface area contributed by atoms with Gasteiger partial charge in [-0.3, -0.25) is 5.32 Å². The fourth-order valence-electron chi connectivity index (χ4n) is 2.18. The van der Waals surface area contributed by atoms with E-state index < -0.39 is 0 Å². The van der Waals surface area contributed by atoms with E-state index in [1.54, 1.807) is 4.90 Å². The highest BCUT2D eigenvalue weighted by molar-refractivity contribution is 7.80. The normalized spacial score (nSPS) is 10.3. The summed E-state index contributed by atoms with van der Waals surface area (Å²) in [6, 6.07) is 13.8. The SMILES string of the molecule is CCN(CC)C(=O)NC(=S)c1cccc2ccccc12. The molecule has 3 nitrogen and oxygen atoms in total. The summed E-state index contributed by atoms with van der Waals surface area (Å²) in [6.07, 6.45) is 0. The summed E-state index contributed by atoms with van der Waals surface area (Å²) in [5.41, 5.74) is 0.888. The van der Waals surface area contributed by atoms with Crippen molar-refractivity contribution >= 4 is 34.0 Å². The second kappa shape index (κ2) is 6.48. The van der Waals surface area contributed by atoms with Crippen LogP contribution in [0.15, 0.2) is 42.5 Å². The molecule has 0 saturated carbocycles. The Hall–Kier alpha value is -1.94. The summed E-state index contributed by atoms with van der Waals surface area (Å²) in [5, 5.41) is 4.98. The van der Waals surface area contributed by atoms with Crippen LogP contribution in [0, 0.1) is 0 Å². The van der Waals surface area contributed by atoms with Crippen LogP contribution in [-0.4, -0.2) is 29.0 Å². The Morgan fingerprint density at radius 2 is 1.75 bits per heavy atom. The molecule has 4 heteroatoms. The van der Waals surface area contributed by atoms with Gasteiger partial charge in [-0.25, -0.2) is 4.79 Å². The number of hydrogen-bond donors (Lipinski definition) is 1. The van der Waals surface area contributed by atoms with Gasteiger partial charge in [0.05, 0.1) is 0 Å². The lowest BCUT2D eigenvalue weighted by atomic mass is 10.0. The first-order valence-electron chi connectivity index (χ1n) is 6.75. The second-order valence-electron chi connectivity index (χ2n) is 4.46. The van der Waals surface area contributed by atoms with Crippen molar-refractivity contribution in [3.05, 3.63) is 48.0 Å². The molecule has 0 aliphatic heterocycles. The maximum absolute atomic E-state index is 12.1. The molecule has 1 N–H and O–H groups in total. The van der Waals surface area contributed by atoms with Gasteiger partial charge in [0.15, 0.2) is 0 Å². The number of urea groups is 1. The van der Waals surface area contributed by atoms with E-state index in [4.69, 9.17) is 12.2 Å². The van der Waals surface area contributed by atoms with Crippen molar-refractivity contribution in [2.24, 2.45) is 0 Å². The molecular weight excluding hydrogens is 268 g/mol. The predicted octanol–water partition coefficient (Wildman–Crippen LogP) is 3.57. The summed E-state index contributed by atoms with van der Waals surface area (Å²) in [7, 11) is 0. The highest BCUT2D eigenvalue weighted by Crippen LogP contribution is 2.18. The molecule has 2 amide bonds. The maximum Gasteiger partial charge on any atom is 0.322 e. The van der Waals surface area contributed by atoms with Gasteiger partial charge in [0.25, 0.3) is 0 Å². The monoisotopic (exact) mass is 286 g/mol. The van der Waals surface area contributed by atoms with Crippen LogP contribution in [0.25, 0.3) is 10.8 Å². The second-order valence-corrected chi connectivity index (χ2v) is 4.87. The van der Waals surface area contributed by atoms with Crippen LogP contribution in [-0.2, 0) is 0 Å². The molecule has 0 heterocycles. The molecule has 0 fully saturated rings. The molecule has 0 spiro atoms. The van der Waals surface area contributed by atoms with Crippen LogP contribution in [0.2, 0.25) is 0 Å². The third-order valence-electron chi connectivity index (χ3n) is 3.31. The molecule has 0 aliphatic rings. The lowest BCUT2D eigenvalue weighted by molar-refractivity contribution is 0.208. The molecule has 20 heavy (non-hydrogen) atoms. The van der Waals surface area contributed by atoms with Crippen LogP contribution < -0.4 is 5.32 Å². The highest BCUT2D eigenvalue weighted by atomic mass is 32.1. The molecule has 2 aromatic rings. The fraction of sp³-hybridized carbons (Fsp3) is 0.250. The minimum Gasteiger partial charge on any atom is -0.325 e. The summed E-state index contributed by atoms with van der Waals surface area (Å²) in [5.74, 6) is 0. The van der Waals surface area contributed by atoms with Crippen LogP contribution in [0.1, 0.15) is 19.4 Å². The van der Waals surface area contributed by atoms with Gasteiger partial charge < -0.3 is 4.90 Å². The van der Waals surface area contributed by atoms with Crippen molar-refractivity contribution in [3.8, 4) is 0 Å². The zero-order valence-corrected chi connectivity index (χ0v) is 12.5. The Bertz CT molecular complexity index is 630. The van der Waals surface area contributed by atoms with Gasteiger partial charge in [0.1, 0.15) is 4.99 Å². The molecule has 0 radical (unpaired) electrons. The van der Waals surface area contributed by atoms with E-state index in [0.29, 0.717) is 18.1 Å². The molecule has 0 unspecified atom stereocenters. The average molecular weight is 286 g/mol. The number of carbonyl (C=O) groups excluding carboxylic acids is 1. The smallest absolute Gasteiger partial charge is 0.322 e. The average Bonchev–Trinajstić information content (AvgIpc) is 2.47. The number of nitrogens with one attached hydrogen (secondary N) is 1. The van der Waals surface area contributed by atoms with Gasteiger partial charge >= 0.3 is 6.03 Å². The van der Waals surface area contributed by atoms with Gasteiger partial charge in [-0.15, -0.1) is 0 Å². The lowest BCUT2D eigenvalue weighted by Crippen LogP contribution is -2.42. The Morgan fingerprint density at radius 3 is 2.45 bits per heavy atom. The third kappa shape index (κ3) is 2.96. The quantitative estimate of drug-likeness (QED) is 0.875. The van der Waals surface area contributed by atoms with Crippen molar-refractivity contribution in [1.29, 1.82) is 0 Å². The van der Waals surface area contributed by atoms with Crippen LogP contribution >= 0.6 is 12.2 Å². The minimum atomic E-state index is -0.145. The van der Waals surface area contributed by atoms with Crippen LogP contribution in [0.4, 0.5) is 4.79 Å². The molecule has 0 aromatic heterocycles. The lowest BCUT2D eigenvalue weighted by Gasteiger charge is -2.19. The number of thiocarbonyl (C=S) groups is 1. The Kier molecular flexibility index (Phi) is 4.69. The van der Waals surface area contributed by atoms with Crippen LogP contribution in [0.3, 0.4) is 0 Å². The molecule has 2 rings (SSSR count). The number of amides is 2. The number of nitrogens with zero attached hydrogens (tertiary/aromatic N) is 1. The number of fused-ring (bicyclic) bond motifs is 1. The van der Waals surface area contributed by atoms with E-state index in [0.717, 1.165) is 16.3 Å². The zero-order valence-electron chi connectivity index (χ0n) is 11.7. The van der Waals surface area contributed by atoms with Gasteiger partial charge in [0, 0.05) is 18.7 Å². The Balaban J connectivity index is 2.26. The Morgan fingerprint density at radius 1 is 1.10 bits per heavy atom. The summed E-state index contributed by atoms with van der Waals surface area (Å²) in [6.45, 7) is 5.23. The predicted molar refractivity (Wildman–Crippen MR) is 87.1 cm³/mol. The van der Waals surface area contributed by atoms with Gasteiger partial charge in [-0.2, -0.15) is 0 Å². The number of benzene rings is 2. The summed E-state index contributed by atoms with van der Waals surface area (Å²) < 4.78 is 0. The molecule has 2 aromatic carbocycles. The summed E-state index contributed by atoms with van der Waals surface area (Å²) >= 11 is 5.38. The molecule has 0 atom stereocenters. The maximum atomic E-state index is 12.1.